The molecule has 19 heavy (non-hydrogen) atoms. The van der Waals surface area contributed by atoms with Crippen molar-refractivity contribution in [3.63, 3.8) is 0 Å². The molecule has 2 rings (SSSR count). The van der Waals surface area contributed by atoms with Crippen molar-refractivity contribution >= 4 is 22.6 Å². The van der Waals surface area contributed by atoms with Gasteiger partial charge in [0, 0.05) is 5.75 Å². The Morgan fingerprint density at radius 2 is 2.26 bits per heavy atom. The van der Waals surface area contributed by atoms with E-state index in [4.69, 9.17) is 0 Å². The fourth-order valence-corrected chi connectivity index (χ4v) is 2.80. The summed E-state index contributed by atoms with van der Waals surface area (Å²) in [4.78, 5) is 4.54. The predicted molar refractivity (Wildman–Crippen MR) is 75.3 cm³/mol. The third-order valence-electron chi connectivity index (χ3n) is 2.81. The van der Waals surface area contributed by atoms with Gasteiger partial charge in [0.1, 0.15) is 5.75 Å². The Morgan fingerprint density at radius 3 is 3.00 bits per heavy atom. The number of amidine groups is 1. The first-order valence-corrected chi connectivity index (χ1v) is 7.19. The van der Waals surface area contributed by atoms with Gasteiger partial charge in [-0.25, -0.2) is 0 Å². The Bertz CT molecular complexity index is 454. The Balaban J connectivity index is 2.12. The van der Waals surface area contributed by atoms with Crippen molar-refractivity contribution in [2.75, 3.05) is 11.1 Å². The van der Waals surface area contributed by atoms with Gasteiger partial charge in [-0.1, -0.05) is 30.8 Å². The van der Waals surface area contributed by atoms with Crippen LogP contribution in [0.4, 0.5) is 14.5 Å². The van der Waals surface area contributed by atoms with Crippen LogP contribution in [0.3, 0.4) is 0 Å². The van der Waals surface area contributed by atoms with Crippen molar-refractivity contribution in [2.24, 2.45) is 4.99 Å². The molecule has 104 valence electrons. The summed E-state index contributed by atoms with van der Waals surface area (Å²) < 4.78 is 29.1. The molecule has 1 atom stereocenters. The van der Waals surface area contributed by atoms with Gasteiger partial charge in [-0.2, -0.15) is 8.78 Å². The number of alkyl halides is 2. The highest BCUT2D eigenvalue weighted by Crippen LogP contribution is 2.28. The molecule has 1 aliphatic rings. The van der Waals surface area contributed by atoms with Gasteiger partial charge in [0.15, 0.2) is 5.17 Å². The standard InChI is InChI=1S/C13H16F2N2OS/c1-2-9-7-8-19-13(16-9)17-10-5-3-4-6-11(10)18-12(14)15/h3-6,9,12H,2,7-8H2,1H3,(H,16,17). The molecule has 1 N–H and O–H groups in total. The third kappa shape index (κ3) is 4.09. The highest BCUT2D eigenvalue weighted by atomic mass is 32.2. The summed E-state index contributed by atoms with van der Waals surface area (Å²) >= 11 is 1.60. The minimum atomic E-state index is -2.83. The van der Waals surface area contributed by atoms with E-state index in [1.807, 2.05) is 0 Å². The van der Waals surface area contributed by atoms with Crippen molar-refractivity contribution in [1.82, 2.24) is 0 Å². The molecule has 6 heteroatoms. The van der Waals surface area contributed by atoms with Gasteiger partial charge < -0.3 is 10.1 Å². The maximum absolute atomic E-state index is 12.3. The van der Waals surface area contributed by atoms with Crippen LogP contribution in [-0.2, 0) is 0 Å². The summed E-state index contributed by atoms with van der Waals surface area (Å²) in [5, 5.41) is 3.84. The zero-order valence-electron chi connectivity index (χ0n) is 10.6. The highest BCUT2D eigenvalue weighted by Gasteiger charge is 2.16. The molecule has 0 aliphatic carbocycles. The van der Waals surface area contributed by atoms with Gasteiger partial charge in [-0.3, -0.25) is 4.99 Å². The van der Waals surface area contributed by atoms with E-state index < -0.39 is 6.61 Å². The average molecular weight is 286 g/mol. The van der Waals surface area contributed by atoms with Crippen LogP contribution >= 0.6 is 11.8 Å². The number of benzene rings is 1. The molecule has 1 aromatic rings. The number of nitrogens with one attached hydrogen (secondary N) is 1. The molecule has 1 unspecified atom stereocenters. The van der Waals surface area contributed by atoms with Crippen LogP contribution in [0.15, 0.2) is 29.3 Å². The van der Waals surface area contributed by atoms with E-state index in [2.05, 4.69) is 22.0 Å². The molecule has 0 bridgehead atoms. The fourth-order valence-electron chi connectivity index (χ4n) is 1.81. The summed E-state index contributed by atoms with van der Waals surface area (Å²) in [7, 11) is 0. The van der Waals surface area contributed by atoms with Gasteiger partial charge in [0.2, 0.25) is 0 Å². The molecular formula is C13H16F2N2OS. The van der Waals surface area contributed by atoms with Crippen LogP contribution in [0.25, 0.3) is 0 Å². The number of rotatable bonds is 4. The van der Waals surface area contributed by atoms with Crippen molar-refractivity contribution in [1.29, 1.82) is 0 Å². The number of anilines is 1. The van der Waals surface area contributed by atoms with Crippen molar-refractivity contribution in [2.45, 2.75) is 32.4 Å². The lowest BCUT2D eigenvalue weighted by atomic mass is 10.2. The molecule has 0 aromatic heterocycles. The fraction of sp³-hybridized carbons (Fsp3) is 0.462. The number of nitrogens with zero attached hydrogens (tertiary/aromatic N) is 1. The van der Waals surface area contributed by atoms with E-state index in [1.165, 1.54) is 6.07 Å². The predicted octanol–water partition coefficient (Wildman–Crippen LogP) is 3.97. The van der Waals surface area contributed by atoms with E-state index in [-0.39, 0.29) is 5.75 Å². The largest absolute Gasteiger partial charge is 0.433 e. The number of halogens is 2. The Labute approximate surface area is 115 Å². The molecule has 0 spiro atoms. The number of aliphatic imine (C=N–C) groups is 1. The second-order valence-corrected chi connectivity index (χ2v) is 5.22. The summed E-state index contributed by atoms with van der Waals surface area (Å²) in [6.07, 6.45) is 2.04. The lowest BCUT2D eigenvalue weighted by Gasteiger charge is -2.20. The van der Waals surface area contributed by atoms with Crippen molar-refractivity contribution in [3.05, 3.63) is 24.3 Å². The molecule has 0 fully saturated rings. The zero-order chi connectivity index (χ0) is 13.7. The van der Waals surface area contributed by atoms with Crippen LogP contribution in [0.5, 0.6) is 5.75 Å². The topological polar surface area (TPSA) is 33.6 Å². The number of hydrogen-bond donors (Lipinski definition) is 1. The number of hydrogen-bond acceptors (Lipinski definition) is 4. The number of para-hydroxylation sites is 2. The van der Waals surface area contributed by atoms with Gasteiger partial charge in [-0.05, 0) is 25.0 Å². The molecule has 3 nitrogen and oxygen atoms in total. The normalized spacial score (nSPS) is 19.2. The lowest BCUT2D eigenvalue weighted by Crippen LogP contribution is -2.20. The maximum Gasteiger partial charge on any atom is 0.387 e. The second kappa shape index (κ2) is 6.75. The third-order valence-corrected chi connectivity index (χ3v) is 3.73. The monoisotopic (exact) mass is 286 g/mol. The first-order chi connectivity index (χ1) is 9.19. The molecule has 1 heterocycles. The van der Waals surface area contributed by atoms with Gasteiger partial charge in [-0.15, -0.1) is 0 Å². The smallest absolute Gasteiger partial charge is 0.387 e. The first kappa shape index (κ1) is 14.1. The van der Waals surface area contributed by atoms with Gasteiger partial charge in [0.05, 0.1) is 11.7 Å². The quantitative estimate of drug-likeness (QED) is 0.909. The van der Waals surface area contributed by atoms with Crippen LogP contribution in [0.1, 0.15) is 19.8 Å². The van der Waals surface area contributed by atoms with E-state index in [9.17, 15) is 8.78 Å². The molecule has 0 saturated heterocycles. The van der Waals surface area contributed by atoms with Crippen LogP contribution in [-0.4, -0.2) is 23.6 Å². The highest BCUT2D eigenvalue weighted by molar-refractivity contribution is 8.14. The molecule has 1 aliphatic heterocycles. The molecule has 0 radical (unpaired) electrons. The first-order valence-electron chi connectivity index (χ1n) is 6.20. The SMILES string of the molecule is CCC1CCSC(Nc2ccccc2OC(F)F)=N1. The molecule has 0 amide bonds. The molecule has 1 aromatic carbocycles. The van der Waals surface area contributed by atoms with E-state index in [1.54, 1.807) is 30.0 Å². The summed E-state index contributed by atoms with van der Waals surface area (Å²) in [5.74, 6) is 1.13. The maximum atomic E-state index is 12.3. The van der Waals surface area contributed by atoms with E-state index in [0.29, 0.717) is 11.7 Å². The molecule has 0 saturated carbocycles. The summed E-state index contributed by atoms with van der Waals surface area (Å²) in [5.41, 5.74) is 0.519. The number of thioether (sulfide) groups is 1. The van der Waals surface area contributed by atoms with E-state index in [0.717, 1.165) is 23.8 Å². The van der Waals surface area contributed by atoms with E-state index >= 15 is 0 Å². The van der Waals surface area contributed by atoms with Crippen LogP contribution in [0.2, 0.25) is 0 Å². The number of ether oxygens (including phenoxy) is 1. The van der Waals surface area contributed by atoms with Gasteiger partial charge in [0.25, 0.3) is 0 Å². The Hall–Kier alpha value is -1.30. The summed E-state index contributed by atoms with van der Waals surface area (Å²) in [6.45, 7) is -0.734. The minimum Gasteiger partial charge on any atom is -0.433 e. The van der Waals surface area contributed by atoms with Crippen LogP contribution < -0.4 is 10.1 Å². The lowest BCUT2D eigenvalue weighted by molar-refractivity contribution is -0.0493. The van der Waals surface area contributed by atoms with Crippen molar-refractivity contribution < 1.29 is 13.5 Å². The minimum absolute atomic E-state index is 0.138. The average Bonchev–Trinajstić information content (AvgIpc) is 2.41. The zero-order valence-corrected chi connectivity index (χ0v) is 11.4. The summed E-state index contributed by atoms with van der Waals surface area (Å²) in [6, 6.07) is 6.96. The van der Waals surface area contributed by atoms with Crippen LogP contribution in [0, 0.1) is 0 Å². The molecular weight excluding hydrogens is 270 g/mol. The Morgan fingerprint density at radius 1 is 1.47 bits per heavy atom. The van der Waals surface area contributed by atoms with Gasteiger partial charge >= 0.3 is 6.61 Å². The van der Waals surface area contributed by atoms with Crippen molar-refractivity contribution in [3.8, 4) is 5.75 Å². The Kier molecular flexibility index (Phi) is 5.01. The second-order valence-electron chi connectivity index (χ2n) is 4.13.